The highest BCUT2D eigenvalue weighted by Gasteiger charge is 2.14. The van der Waals surface area contributed by atoms with Crippen LogP contribution in [0.3, 0.4) is 0 Å². The number of thioether (sulfide) groups is 1. The zero-order valence-corrected chi connectivity index (χ0v) is 10.0. The molecule has 14 heavy (non-hydrogen) atoms. The molecule has 4 nitrogen and oxygen atoms in total. The van der Waals surface area contributed by atoms with Gasteiger partial charge in [0.1, 0.15) is 5.84 Å². The van der Waals surface area contributed by atoms with Gasteiger partial charge in [-0.15, -0.1) is 0 Å². The van der Waals surface area contributed by atoms with Crippen LogP contribution >= 0.6 is 11.8 Å². The van der Waals surface area contributed by atoms with E-state index in [2.05, 4.69) is 30.6 Å². The van der Waals surface area contributed by atoms with Gasteiger partial charge >= 0.3 is 0 Å². The minimum absolute atomic E-state index is 0.274. The molecule has 0 aliphatic carbocycles. The summed E-state index contributed by atoms with van der Waals surface area (Å²) in [4.78, 5) is 0. The second-order valence-corrected chi connectivity index (χ2v) is 5.35. The molecule has 0 aromatic rings. The molecule has 0 heterocycles. The monoisotopic (exact) mass is 219 g/mol. The molecule has 0 aromatic heterocycles. The van der Waals surface area contributed by atoms with Gasteiger partial charge in [0.05, 0.1) is 0 Å². The molecule has 0 bridgehead atoms. The largest absolute Gasteiger partial charge is 0.409 e. The second kappa shape index (κ2) is 6.95. The van der Waals surface area contributed by atoms with Crippen molar-refractivity contribution in [3.8, 4) is 0 Å². The van der Waals surface area contributed by atoms with Crippen LogP contribution in [0.25, 0.3) is 0 Å². The average molecular weight is 219 g/mol. The number of hydrogen-bond acceptors (Lipinski definition) is 4. The summed E-state index contributed by atoms with van der Waals surface area (Å²) in [5.74, 6) is 0.302. The molecule has 0 aromatic carbocycles. The lowest BCUT2D eigenvalue weighted by molar-refractivity contribution is 0.316. The van der Waals surface area contributed by atoms with E-state index in [1.54, 1.807) is 0 Å². The van der Waals surface area contributed by atoms with Gasteiger partial charge in [-0.25, -0.2) is 0 Å². The maximum absolute atomic E-state index is 8.30. The maximum atomic E-state index is 8.30. The summed E-state index contributed by atoms with van der Waals surface area (Å²) < 4.78 is 0.274. The number of nitrogens with one attached hydrogen (secondary N) is 1. The van der Waals surface area contributed by atoms with E-state index in [0.29, 0.717) is 12.3 Å². The molecule has 0 aliphatic heterocycles. The average Bonchev–Trinajstić information content (AvgIpc) is 2.17. The van der Waals surface area contributed by atoms with E-state index in [9.17, 15) is 0 Å². The van der Waals surface area contributed by atoms with Gasteiger partial charge in [-0.3, -0.25) is 0 Å². The predicted octanol–water partition coefficient (Wildman–Crippen LogP) is 1.24. The highest BCUT2D eigenvalue weighted by molar-refractivity contribution is 7.99. The molecule has 0 unspecified atom stereocenters. The Kier molecular flexibility index (Phi) is 6.74. The van der Waals surface area contributed by atoms with E-state index in [0.717, 1.165) is 19.5 Å². The van der Waals surface area contributed by atoms with Crippen LogP contribution in [0.15, 0.2) is 5.16 Å². The van der Waals surface area contributed by atoms with E-state index < -0.39 is 0 Å². The highest BCUT2D eigenvalue weighted by Crippen LogP contribution is 2.19. The van der Waals surface area contributed by atoms with Crippen molar-refractivity contribution in [2.45, 2.75) is 31.4 Å². The van der Waals surface area contributed by atoms with Gasteiger partial charge < -0.3 is 16.3 Å². The smallest absolute Gasteiger partial charge is 0.139 e. The number of hydrogen-bond donors (Lipinski definition) is 3. The predicted molar refractivity (Wildman–Crippen MR) is 63.1 cm³/mol. The van der Waals surface area contributed by atoms with Crippen molar-refractivity contribution in [3.63, 3.8) is 0 Å². The van der Waals surface area contributed by atoms with Crippen LogP contribution in [-0.4, -0.2) is 35.1 Å². The summed E-state index contributed by atoms with van der Waals surface area (Å²) in [6.45, 7) is 6.28. The molecule has 0 rings (SSSR count). The van der Waals surface area contributed by atoms with Crippen LogP contribution in [0.2, 0.25) is 0 Å². The first-order valence-corrected chi connectivity index (χ1v) is 5.96. The lowest BCUT2D eigenvalue weighted by Crippen LogP contribution is -2.32. The minimum atomic E-state index is 0.274. The third-order valence-electron chi connectivity index (χ3n) is 2.02. The van der Waals surface area contributed by atoms with Crippen molar-refractivity contribution in [2.75, 3.05) is 19.3 Å². The first-order valence-electron chi connectivity index (χ1n) is 4.74. The Morgan fingerprint density at radius 3 is 2.71 bits per heavy atom. The van der Waals surface area contributed by atoms with Crippen molar-refractivity contribution >= 4 is 17.6 Å². The van der Waals surface area contributed by atoms with Crippen LogP contribution in [0.5, 0.6) is 0 Å². The number of nitrogens with zero attached hydrogens (tertiary/aromatic N) is 1. The topological polar surface area (TPSA) is 70.6 Å². The van der Waals surface area contributed by atoms with Crippen LogP contribution in [-0.2, 0) is 0 Å². The van der Waals surface area contributed by atoms with E-state index in [4.69, 9.17) is 10.9 Å². The molecule has 0 spiro atoms. The molecule has 4 N–H and O–H groups in total. The molecule has 0 saturated heterocycles. The Morgan fingerprint density at radius 1 is 1.57 bits per heavy atom. The third kappa shape index (κ3) is 7.03. The van der Waals surface area contributed by atoms with Crippen molar-refractivity contribution in [1.29, 1.82) is 0 Å². The number of nitrogens with two attached hydrogens (primary N) is 1. The molecule has 84 valence electrons. The summed E-state index contributed by atoms with van der Waals surface area (Å²) >= 11 is 1.85. The fourth-order valence-corrected chi connectivity index (χ4v) is 1.15. The van der Waals surface area contributed by atoms with Crippen LogP contribution in [0.4, 0.5) is 0 Å². The lowest BCUT2D eigenvalue weighted by atomic mass is 10.2. The second-order valence-electron chi connectivity index (χ2n) is 3.84. The molecular formula is C9H21N3OS. The number of amidine groups is 1. The van der Waals surface area contributed by atoms with Crippen LogP contribution < -0.4 is 11.1 Å². The Labute approximate surface area is 90.3 Å². The molecule has 0 fully saturated rings. The quantitative estimate of drug-likeness (QED) is 0.198. The Balaban J connectivity index is 3.39. The SMILES string of the molecule is CSC(C)(C)CNCCCC(N)=NO. The van der Waals surface area contributed by atoms with E-state index in [1.165, 1.54) is 0 Å². The third-order valence-corrected chi connectivity index (χ3v) is 3.27. The summed E-state index contributed by atoms with van der Waals surface area (Å²) in [7, 11) is 0. The van der Waals surface area contributed by atoms with Crippen molar-refractivity contribution in [1.82, 2.24) is 5.32 Å². The minimum Gasteiger partial charge on any atom is -0.409 e. The van der Waals surface area contributed by atoms with Gasteiger partial charge in [-0.1, -0.05) is 5.16 Å². The summed E-state index contributed by atoms with van der Waals surface area (Å²) in [5, 5.41) is 14.6. The van der Waals surface area contributed by atoms with Crippen LogP contribution in [0, 0.1) is 0 Å². The number of rotatable bonds is 7. The molecule has 0 atom stereocenters. The Hall–Kier alpha value is -0.420. The lowest BCUT2D eigenvalue weighted by Gasteiger charge is -2.22. The normalized spacial score (nSPS) is 13.2. The van der Waals surface area contributed by atoms with E-state index in [-0.39, 0.29) is 4.75 Å². The van der Waals surface area contributed by atoms with Gasteiger partial charge in [0.25, 0.3) is 0 Å². The summed E-state index contributed by atoms with van der Waals surface area (Å²) in [6, 6.07) is 0. The van der Waals surface area contributed by atoms with E-state index in [1.807, 2.05) is 11.8 Å². The molecule has 0 saturated carbocycles. The Morgan fingerprint density at radius 2 is 2.21 bits per heavy atom. The zero-order chi connectivity index (χ0) is 11.0. The Bertz CT molecular complexity index is 183. The van der Waals surface area contributed by atoms with Gasteiger partial charge in [-0.2, -0.15) is 11.8 Å². The van der Waals surface area contributed by atoms with Crippen molar-refractivity contribution in [3.05, 3.63) is 0 Å². The molecular weight excluding hydrogens is 198 g/mol. The van der Waals surface area contributed by atoms with Crippen molar-refractivity contribution < 1.29 is 5.21 Å². The van der Waals surface area contributed by atoms with Gasteiger partial charge in [0, 0.05) is 17.7 Å². The van der Waals surface area contributed by atoms with Gasteiger partial charge in [-0.05, 0) is 33.1 Å². The first kappa shape index (κ1) is 13.6. The molecule has 0 aliphatic rings. The zero-order valence-electron chi connectivity index (χ0n) is 9.21. The van der Waals surface area contributed by atoms with E-state index >= 15 is 0 Å². The maximum Gasteiger partial charge on any atom is 0.139 e. The van der Waals surface area contributed by atoms with Crippen LogP contribution in [0.1, 0.15) is 26.7 Å². The fourth-order valence-electron chi connectivity index (χ4n) is 0.906. The van der Waals surface area contributed by atoms with Gasteiger partial charge in [0.15, 0.2) is 0 Å². The number of oxime groups is 1. The molecule has 0 radical (unpaired) electrons. The first-order chi connectivity index (χ1) is 6.52. The highest BCUT2D eigenvalue weighted by atomic mass is 32.2. The standard InChI is InChI=1S/C9H21N3OS/c1-9(2,14-3)7-11-6-4-5-8(10)12-13/h11,13H,4-7H2,1-3H3,(H2,10,12). The fraction of sp³-hybridized carbons (Fsp3) is 0.889. The summed E-state index contributed by atoms with van der Waals surface area (Å²) in [5.41, 5.74) is 5.34. The summed E-state index contributed by atoms with van der Waals surface area (Å²) in [6.07, 6.45) is 3.65. The van der Waals surface area contributed by atoms with Gasteiger partial charge in [0.2, 0.25) is 0 Å². The molecule has 5 heteroatoms. The molecule has 0 amide bonds. The van der Waals surface area contributed by atoms with Crippen molar-refractivity contribution in [2.24, 2.45) is 10.9 Å².